The second-order valence-corrected chi connectivity index (χ2v) is 13.9. The lowest BCUT2D eigenvalue weighted by molar-refractivity contribution is 0.723. The van der Waals surface area contributed by atoms with Gasteiger partial charge in [-0.15, -0.1) is 11.3 Å². The van der Waals surface area contributed by atoms with Crippen molar-refractivity contribution in [2.75, 3.05) is 0 Å². The Bertz CT molecular complexity index is 2450. The van der Waals surface area contributed by atoms with Crippen molar-refractivity contribution in [3.63, 3.8) is 0 Å². The third kappa shape index (κ3) is 3.84. The lowest BCUT2D eigenvalue weighted by Crippen LogP contribution is -2.32. The molecule has 0 amide bonds. The molecule has 3 nitrogen and oxygen atoms in total. The highest BCUT2D eigenvalue weighted by atomic mass is 32.2. The lowest BCUT2D eigenvalue weighted by atomic mass is 9.67. The molecule has 3 heterocycles. The first-order valence-corrected chi connectivity index (χ1v) is 17.4. The zero-order valence-electron chi connectivity index (χ0n) is 25.1. The summed E-state index contributed by atoms with van der Waals surface area (Å²) in [5, 5.41) is 3.53. The number of fused-ring (bicyclic) bond motifs is 11. The van der Waals surface area contributed by atoms with Gasteiger partial charge in [-0.2, -0.15) is 0 Å². The maximum atomic E-state index is 5.17. The summed E-state index contributed by atoms with van der Waals surface area (Å²) in [6.45, 7) is 0. The maximum Gasteiger partial charge on any atom is 0.165 e. The quantitative estimate of drug-likeness (QED) is 0.194. The molecule has 0 radical (unpaired) electrons. The van der Waals surface area contributed by atoms with E-state index in [1.54, 1.807) is 11.3 Å². The molecule has 1 unspecified atom stereocenters. The fraction of sp³-hybridized carbons (Fsp3) is 0.0238. The first kappa shape index (κ1) is 26.8. The van der Waals surface area contributed by atoms with E-state index in [9.17, 15) is 0 Å². The highest BCUT2D eigenvalue weighted by molar-refractivity contribution is 7.99. The largest absolute Gasteiger partial charge is 0.208 e. The number of hydrogen-bond acceptors (Lipinski definition) is 5. The van der Waals surface area contributed by atoms with Crippen LogP contribution in [0.25, 0.3) is 55.4 Å². The predicted molar refractivity (Wildman–Crippen MR) is 193 cm³/mol. The van der Waals surface area contributed by atoms with Crippen LogP contribution in [-0.4, -0.2) is 15.0 Å². The van der Waals surface area contributed by atoms with E-state index in [2.05, 4.69) is 115 Å². The van der Waals surface area contributed by atoms with Crippen molar-refractivity contribution in [3.05, 3.63) is 173 Å². The Morgan fingerprint density at radius 1 is 0.447 bits per heavy atom. The van der Waals surface area contributed by atoms with E-state index in [1.165, 1.54) is 53.3 Å². The molecule has 8 aromatic rings. The number of benzene rings is 6. The summed E-state index contributed by atoms with van der Waals surface area (Å²) in [6, 6.07) is 52.0. The molecule has 220 valence electrons. The van der Waals surface area contributed by atoms with Crippen LogP contribution in [0.4, 0.5) is 0 Å². The maximum absolute atomic E-state index is 5.17. The van der Waals surface area contributed by atoms with E-state index < -0.39 is 5.41 Å². The molecule has 0 fully saturated rings. The molecule has 0 saturated heterocycles. The predicted octanol–water partition coefficient (Wildman–Crippen LogP) is 10.9. The van der Waals surface area contributed by atoms with Crippen molar-refractivity contribution in [2.24, 2.45) is 0 Å². The summed E-state index contributed by atoms with van der Waals surface area (Å²) in [5.74, 6) is 2.01. The molecule has 0 bridgehead atoms. The molecule has 0 saturated carbocycles. The van der Waals surface area contributed by atoms with Crippen LogP contribution >= 0.6 is 23.1 Å². The Hall–Kier alpha value is -5.36. The number of thiophene rings is 1. The van der Waals surface area contributed by atoms with Crippen LogP contribution in [0.3, 0.4) is 0 Å². The van der Waals surface area contributed by atoms with Gasteiger partial charge in [0.1, 0.15) is 0 Å². The van der Waals surface area contributed by atoms with Crippen molar-refractivity contribution in [2.45, 2.75) is 15.2 Å². The number of aromatic nitrogens is 3. The minimum absolute atomic E-state index is 0.479. The van der Waals surface area contributed by atoms with Gasteiger partial charge in [0.25, 0.3) is 0 Å². The summed E-state index contributed by atoms with van der Waals surface area (Å²) in [5.41, 5.74) is 10.4. The van der Waals surface area contributed by atoms with E-state index in [-0.39, 0.29) is 0 Å². The molecule has 0 N–H and O–H groups in total. The Morgan fingerprint density at radius 3 is 1.83 bits per heavy atom. The summed E-state index contributed by atoms with van der Waals surface area (Å²) in [6.07, 6.45) is 0. The lowest BCUT2D eigenvalue weighted by Gasteiger charge is -2.40. The van der Waals surface area contributed by atoms with E-state index in [4.69, 9.17) is 15.0 Å². The highest BCUT2D eigenvalue weighted by Gasteiger charge is 2.51. The second kappa shape index (κ2) is 10.3. The average Bonchev–Trinajstić information content (AvgIpc) is 3.74. The highest BCUT2D eigenvalue weighted by Crippen LogP contribution is 2.64. The van der Waals surface area contributed by atoms with Crippen molar-refractivity contribution >= 4 is 33.2 Å². The molecule has 1 aliphatic carbocycles. The van der Waals surface area contributed by atoms with Crippen LogP contribution in [0.5, 0.6) is 0 Å². The minimum atomic E-state index is -0.479. The van der Waals surface area contributed by atoms with Gasteiger partial charge in [-0.1, -0.05) is 139 Å². The van der Waals surface area contributed by atoms with Gasteiger partial charge in [0.05, 0.1) is 5.41 Å². The molecule has 5 heteroatoms. The molecule has 6 aromatic carbocycles. The molecule has 1 atom stereocenters. The molecular formula is C42H25N3S2. The van der Waals surface area contributed by atoms with Crippen LogP contribution in [0.15, 0.2) is 161 Å². The average molecular weight is 636 g/mol. The van der Waals surface area contributed by atoms with Crippen LogP contribution < -0.4 is 0 Å². The third-order valence-corrected chi connectivity index (χ3v) is 11.6. The smallest absolute Gasteiger partial charge is 0.165 e. The molecule has 1 spiro atoms. The SMILES string of the molecule is c1ccc(-c2nc(-c3ccccc3)nc(-c3cccc4c3Sc3ccccc3C43c4ccccc4-c4c3ccc3sccc43)n2)cc1. The summed E-state index contributed by atoms with van der Waals surface area (Å²) >= 11 is 3.63. The Labute approximate surface area is 280 Å². The van der Waals surface area contributed by atoms with E-state index in [0.717, 1.165) is 16.7 Å². The second-order valence-electron chi connectivity index (χ2n) is 11.9. The van der Waals surface area contributed by atoms with Crippen molar-refractivity contribution in [1.29, 1.82) is 0 Å². The van der Waals surface area contributed by atoms with Gasteiger partial charge in [0, 0.05) is 36.6 Å². The van der Waals surface area contributed by atoms with Gasteiger partial charge in [0.2, 0.25) is 0 Å². The van der Waals surface area contributed by atoms with Crippen molar-refractivity contribution in [3.8, 4) is 45.3 Å². The first-order valence-electron chi connectivity index (χ1n) is 15.7. The van der Waals surface area contributed by atoms with Crippen molar-refractivity contribution < 1.29 is 0 Å². The molecule has 1 aliphatic heterocycles. The van der Waals surface area contributed by atoms with Crippen LogP contribution in [0, 0.1) is 0 Å². The van der Waals surface area contributed by atoms with Gasteiger partial charge < -0.3 is 0 Å². The topological polar surface area (TPSA) is 38.7 Å². The fourth-order valence-corrected chi connectivity index (χ4v) is 9.66. The molecule has 2 aromatic heterocycles. The van der Waals surface area contributed by atoms with Crippen molar-refractivity contribution in [1.82, 2.24) is 15.0 Å². The Morgan fingerprint density at radius 2 is 1.06 bits per heavy atom. The molecule has 10 rings (SSSR count). The van der Waals surface area contributed by atoms with Gasteiger partial charge in [-0.25, -0.2) is 15.0 Å². The fourth-order valence-electron chi connectivity index (χ4n) is 7.57. The zero-order chi connectivity index (χ0) is 31.0. The van der Waals surface area contributed by atoms with Gasteiger partial charge in [-0.05, 0) is 57.0 Å². The van der Waals surface area contributed by atoms with Crippen LogP contribution in [0.1, 0.15) is 22.3 Å². The monoisotopic (exact) mass is 635 g/mol. The first-order chi connectivity index (χ1) is 23.3. The van der Waals surface area contributed by atoms with Gasteiger partial charge in [-0.3, -0.25) is 0 Å². The van der Waals surface area contributed by atoms with Gasteiger partial charge >= 0.3 is 0 Å². The standard InChI is InChI=1S/C42H25N3S2/c1-3-12-26(13-4-1)39-43-40(27-14-5-2-6-15-27)45-41(44-39)30-17-11-20-34-38(30)47-36-21-10-9-19-32(36)42(34)31-18-8-7-16-28(31)37-29-24-25-46-35(29)23-22-33(37)42/h1-25H. The molecule has 47 heavy (non-hydrogen) atoms. The van der Waals surface area contributed by atoms with Crippen LogP contribution in [0.2, 0.25) is 0 Å². The number of nitrogens with zero attached hydrogens (tertiary/aromatic N) is 3. The summed E-state index contributed by atoms with van der Waals surface area (Å²) in [7, 11) is 0. The number of rotatable bonds is 3. The Balaban J connectivity index is 1.29. The summed E-state index contributed by atoms with van der Waals surface area (Å²) in [4.78, 5) is 17.7. The van der Waals surface area contributed by atoms with Gasteiger partial charge in [0.15, 0.2) is 17.5 Å². The zero-order valence-corrected chi connectivity index (χ0v) is 26.7. The van der Waals surface area contributed by atoms with E-state index in [0.29, 0.717) is 17.5 Å². The normalized spacial score (nSPS) is 15.7. The van der Waals surface area contributed by atoms with E-state index >= 15 is 0 Å². The van der Waals surface area contributed by atoms with Crippen LogP contribution in [-0.2, 0) is 5.41 Å². The minimum Gasteiger partial charge on any atom is -0.208 e. The Kier molecular flexibility index (Phi) is 5.89. The summed E-state index contributed by atoms with van der Waals surface area (Å²) < 4.78 is 1.31. The molecule has 2 aliphatic rings. The van der Waals surface area contributed by atoms with E-state index in [1.807, 2.05) is 48.2 Å². The third-order valence-electron chi connectivity index (χ3n) is 9.50. The molecular weight excluding hydrogens is 611 g/mol. The number of hydrogen-bond donors (Lipinski definition) is 0.